The standard InChI is InChI=1S/C17H17N3OS2/c1-12-10-23-17(19-12)15(8-13-5-7-22-11-13)20-16(21)9-14-4-2-3-6-18-14/h2-7,10-11,15H,8-9H2,1H3,(H,20,21)/t15-/m1/s1. The Morgan fingerprint density at radius 2 is 2.22 bits per heavy atom. The Morgan fingerprint density at radius 3 is 2.87 bits per heavy atom. The van der Waals surface area contributed by atoms with Gasteiger partial charge < -0.3 is 5.32 Å². The number of hydrogen-bond donors (Lipinski definition) is 1. The SMILES string of the molecule is Cc1csc([C@@H](Cc2ccsc2)NC(=O)Cc2ccccn2)n1. The molecule has 3 rings (SSSR count). The highest BCUT2D eigenvalue weighted by molar-refractivity contribution is 7.09. The second-order valence-corrected chi connectivity index (χ2v) is 6.95. The van der Waals surface area contributed by atoms with Gasteiger partial charge >= 0.3 is 0 Å². The van der Waals surface area contributed by atoms with E-state index in [-0.39, 0.29) is 18.4 Å². The number of thiophene rings is 1. The van der Waals surface area contributed by atoms with Crippen LogP contribution in [-0.4, -0.2) is 15.9 Å². The third-order valence-electron chi connectivity index (χ3n) is 3.36. The van der Waals surface area contributed by atoms with Crippen LogP contribution >= 0.6 is 22.7 Å². The largest absolute Gasteiger partial charge is 0.346 e. The molecule has 118 valence electrons. The first-order chi connectivity index (χ1) is 11.2. The number of pyridine rings is 1. The molecule has 0 radical (unpaired) electrons. The molecule has 6 heteroatoms. The smallest absolute Gasteiger partial charge is 0.226 e. The fourth-order valence-corrected chi connectivity index (χ4v) is 3.82. The summed E-state index contributed by atoms with van der Waals surface area (Å²) in [6.07, 6.45) is 2.74. The molecule has 23 heavy (non-hydrogen) atoms. The Bertz CT molecular complexity index is 753. The van der Waals surface area contributed by atoms with Crippen LogP contribution in [0.25, 0.3) is 0 Å². The first kappa shape index (κ1) is 15.8. The first-order valence-electron chi connectivity index (χ1n) is 7.33. The fourth-order valence-electron chi connectivity index (χ4n) is 2.29. The summed E-state index contributed by atoms with van der Waals surface area (Å²) in [6.45, 7) is 1.97. The quantitative estimate of drug-likeness (QED) is 0.745. The summed E-state index contributed by atoms with van der Waals surface area (Å²) in [7, 11) is 0. The van der Waals surface area contributed by atoms with E-state index in [1.165, 1.54) is 5.56 Å². The molecule has 0 aromatic carbocycles. The van der Waals surface area contributed by atoms with Crippen molar-refractivity contribution in [3.63, 3.8) is 0 Å². The second kappa shape index (κ2) is 7.48. The maximum atomic E-state index is 12.4. The van der Waals surface area contributed by atoms with Crippen molar-refractivity contribution in [2.45, 2.75) is 25.8 Å². The van der Waals surface area contributed by atoms with E-state index in [4.69, 9.17) is 0 Å². The van der Waals surface area contributed by atoms with Crippen LogP contribution in [0, 0.1) is 6.92 Å². The minimum Gasteiger partial charge on any atom is -0.346 e. The monoisotopic (exact) mass is 343 g/mol. The molecule has 0 aliphatic rings. The highest BCUT2D eigenvalue weighted by Crippen LogP contribution is 2.23. The van der Waals surface area contributed by atoms with Crippen LogP contribution in [0.1, 0.15) is 28.0 Å². The molecule has 0 saturated heterocycles. The summed E-state index contributed by atoms with van der Waals surface area (Å²) in [5.41, 5.74) is 2.97. The number of aryl methyl sites for hydroxylation is 1. The molecule has 0 bridgehead atoms. The van der Waals surface area contributed by atoms with E-state index in [0.717, 1.165) is 22.8 Å². The first-order valence-corrected chi connectivity index (χ1v) is 9.15. The number of thiazole rings is 1. The van der Waals surface area contributed by atoms with Gasteiger partial charge in [-0.3, -0.25) is 9.78 Å². The lowest BCUT2D eigenvalue weighted by atomic mass is 10.1. The number of hydrogen-bond acceptors (Lipinski definition) is 5. The van der Waals surface area contributed by atoms with E-state index >= 15 is 0 Å². The maximum absolute atomic E-state index is 12.4. The summed E-state index contributed by atoms with van der Waals surface area (Å²) < 4.78 is 0. The molecule has 0 spiro atoms. The lowest BCUT2D eigenvalue weighted by molar-refractivity contribution is -0.121. The molecular formula is C17H17N3OS2. The molecule has 3 aromatic heterocycles. The molecule has 1 atom stereocenters. The van der Waals surface area contributed by atoms with Gasteiger partial charge in [0.2, 0.25) is 5.91 Å². The van der Waals surface area contributed by atoms with Crippen LogP contribution in [0.3, 0.4) is 0 Å². The van der Waals surface area contributed by atoms with Crippen molar-refractivity contribution in [2.24, 2.45) is 0 Å². The number of nitrogens with one attached hydrogen (secondary N) is 1. The van der Waals surface area contributed by atoms with Crippen LogP contribution in [0.2, 0.25) is 0 Å². The predicted molar refractivity (Wildman–Crippen MR) is 93.7 cm³/mol. The highest BCUT2D eigenvalue weighted by Gasteiger charge is 2.19. The van der Waals surface area contributed by atoms with Gasteiger partial charge in [0, 0.05) is 29.4 Å². The second-order valence-electron chi connectivity index (χ2n) is 5.28. The lowest BCUT2D eigenvalue weighted by Gasteiger charge is -2.16. The molecule has 3 heterocycles. The third kappa shape index (κ3) is 4.46. The van der Waals surface area contributed by atoms with Crippen LogP contribution < -0.4 is 5.32 Å². The molecule has 1 N–H and O–H groups in total. The van der Waals surface area contributed by atoms with E-state index in [9.17, 15) is 4.79 Å². The summed E-state index contributed by atoms with van der Waals surface area (Å²) in [6, 6.07) is 7.59. The van der Waals surface area contributed by atoms with Crippen LogP contribution in [-0.2, 0) is 17.6 Å². The molecule has 0 unspecified atom stereocenters. The van der Waals surface area contributed by atoms with E-state index < -0.39 is 0 Å². The lowest BCUT2D eigenvalue weighted by Crippen LogP contribution is -2.31. The Balaban J connectivity index is 1.71. The zero-order valence-electron chi connectivity index (χ0n) is 12.7. The van der Waals surface area contributed by atoms with Gasteiger partial charge in [-0.1, -0.05) is 6.07 Å². The van der Waals surface area contributed by atoms with Gasteiger partial charge in [-0.05, 0) is 41.4 Å². The van der Waals surface area contributed by atoms with E-state index in [2.05, 4.69) is 32.1 Å². The summed E-state index contributed by atoms with van der Waals surface area (Å²) >= 11 is 3.25. The minimum atomic E-state index is -0.0977. The van der Waals surface area contributed by atoms with Crippen molar-refractivity contribution in [1.29, 1.82) is 0 Å². The van der Waals surface area contributed by atoms with Gasteiger partial charge in [-0.15, -0.1) is 11.3 Å². The molecule has 0 aliphatic heterocycles. The van der Waals surface area contributed by atoms with E-state index in [1.807, 2.05) is 30.5 Å². The Labute approximate surface area is 143 Å². The normalized spacial score (nSPS) is 12.0. The number of aromatic nitrogens is 2. The molecule has 0 fully saturated rings. The van der Waals surface area contributed by atoms with Crippen molar-refractivity contribution in [3.8, 4) is 0 Å². The van der Waals surface area contributed by atoms with Crippen molar-refractivity contribution in [2.75, 3.05) is 0 Å². The van der Waals surface area contributed by atoms with Crippen molar-refractivity contribution in [1.82, 2.24) is 15.3 Å². The maximum Gasteiger partial charge on any atom is 0.226 e. The average Bonchev–Trinajstić information content (AvgIpc) is 3.19. The van der Waals surface area contributed by atoms with Gasteiger partial charge in [-0.25, -0.2) is 4.98 Å². The van der Waals surface area contributed by atoms with Crippen molar-refractivity contribution < 1.29 is 4.79 Å². The van der Waals surface area contributed by atoms with Gasteiger partial charge in [0.1, 0.15) is 5.01 Å². The molecule has 0 saturated carbocycles. The van der Waals surface area contributed by atoms with Gasteiger partial charge in [0.25, 0.3) is 0 Å². The summed E-state index contributed by atoms with van der Waals surface area (Å²) in [4.78, 5) is 21.1. The van der Waals surface area contributed by atoms with Crippen LogP contribution in [0.5, 0.6) is 0 Å². The highest BCUT2D eigenvalue weighted by atomic mass is 32.1. The zero-order valence-corrected chi connectivity index (χ0v) is 14.4. The number of rotatable bonds is 6. The Morgan fingerprint density at radius 1 is 1.30 bits per heavy atom. The number of amides is 1. The summed E-state index contributed by atoms with van der Waals surface area (Å²) in [5, 5.41) is 10.2. The predicted octanol–water partition coefficient (Wildman–Crippen LogP) is 3.55. The molecule has 4 nitrogen and oxygen atoms in total. The Kier molecular flexibility index (Phi) is 5.15. The fraction of sp³-hybridized carbons (Fsp3) is 0.235. The zero-order chi connectivity index (χ0) is 16.1. The number of nitrogens with zero attached hydrogens (tertiary/aromatic N) is 2. The van der Waals surface area contributed by atoms with E-state index in [1.54, 1.807) is 28.9 Å². The topological polar surface area (TPSA) is 54.9 Å². The van der Waals surface area contributed by atoms with Crippen molar-refractivity contribution >= 4 is 28.6 Å². The van der Waals surface area contributed by atoms with Gasteiger partial charge in [-0.2, -0.15) is 11.3 Å². The van der Waals surface area contributed by atoms with E-state index in [0.29, 0.717) is 0 Å². The van der Waals surface area contributed by atoms with Crippen LogP contribution in [0.15, 0.2) is 46.6 Å². The number of carbonyl (C=O) groups is 1. The average molecular weight is 343 g/mol. The van der Waals surface area contributed by atoms with Gasteiger partial charge in [0.15, 0.2) is 0 Å². The molecular weight excluding hydrogens is 326 g/mol. The molecule has 0 aliphatic carbocycles. The number of carbonyl (C=O) groups excluding carboxylic acids is 1. The summed E-state index contributed by atoms with van der Waals surface area (Å²) in [5.74, 6) is -0.0308. The van der Waals surface area contributed by atoms with Crippen LogP contribution in [0.4, 0.5) is 0 Å². The minimum absolute atomic E-state index is 0.0308. The third-order valence-corrected chi connectivity index (χ3v) is 5.17. The molecule has 1 amide bonds. The van der Waals surface area contributed by atoms with Crippen molar-refractivity contribution in [3.05, 3.63) is 68.6 Å². The molecule has 3 aromatic rings. The van der Waals surface area contributed by atoms with Gasteiger partial charge in [0.05, 0.1) is 12.5 Å². The Hall–Kier alpha value is -2.05.